The van der Waals surface area contributed by atoms with Crippen LogP contribution in [-0.2, 0) is 11.4 Å². The van der Waals surface area contributed by atoms with Gasteiger partial charge in [0.15, 0.2) is 15.8 Å². The van der Waals surface area contributed by atoms with Crippen LogP contribution in [0, 0.1) is 6.92 Å². The number of benzene rings is 3. The Kier molecular flexibility index (Phi) is 9.07. The van der Waals surface area contributed by atoms with Gasteiger partial charge in [0, 0.05) is 10.0 Å². The average Bonchev–Trinajstić information content (AvgIpc) is 3.12. The number of hydrazine groups is 1. The summed E-state index contributed by atoms with van der Waals surface area (Å²) in [6.07, 6.45) is 1.71. The first kappa shape index (κ1) is 27.4. The maximum absolute atomic E-state index is 13.0. The number of thiocarbonyl (C=S) groups is 1. The Morgan fingerprint density at radius 2 is 1.78 bits per heavy atom. The molecule has 0 aromatic heterocycles. The second kappa shape index (κ2) is 12.3. The molecule has 190 valence electrons. The Bertz CT molecular complexity index is 1380. The van der Waals surface area contributed by atoms with Crippen LogP contribution in [-0.4, -0.2) is 27.8 Å². The zero-order valence-corrected chi connectivity index (χ0v) is 24.7. The number of halogens is 2. The van der Waals surface area contributed by atoms with Gasteiger partial charge in [-0.05, 0) is 95.6 Å². The molecule has 0 spiro atoms. The van der Waals surface area contributed by atoms with Crippen LogP contribution in [0.15, 0.2) is 74.5 Å². The van der Waals surface area contributed by atoms with E-state index in [2.05, 4.69) is 37.3 Å². The van der Waals surface area contributed by atoms with Gasteiger partial charge in [-0.2, -0.15) is 5.01 Å². The minimum atomic E-state index is -0.429. The van der Waals surface area contributed by atoms with Gasteiger partial charge >= 0.3 is 0 Å². The molecule has 0 bridgehead atoms. The second-order valence-corrected chi connectivity index (χ2v) is 11.4. The molecule has 3 aromatic rings. The van der Waals surface area contributed by atoms with Crippen molar-refractivity contribution in [3.8, 4) is 11.5 Å². The zero-order valence-electron chi connectivity index (χ0n) is 19.9. The van der Waals surface area contributed by atoms with E-state index in [4.69, 9.17) is 21.7 Å². The van der Waals surface area contributed by atoms with E-state index in [1.807, 2.05) is 50.2 Å². The summed E-state index contributed by atoms with van der Waals surface area (Å²) in [5, 5.41) is 1.09. The fourth-order valence-corrected chi connectivity index (χ4v) is 5.41. The number of hydrogen-bond donors (Lipinski definition) is 1. The molecule has 0 atom stereocenters. The summed E-state index contributed by atoms with van der Waals surface area (Å²) in [6, 6.07) is 18.6. The third kappa shape index (κ3) is 6.81. The third-order valence-corrected chi connectivity index (χ3v) is 7.67. The van der Waals surface area contributed by atoms with Gasteiger partial charge in [0.25, 0.3) is 11.8 Å². The van der Waals surface area contributed by atoms with Crippen molar-refractivity contribution in [1.82, 2.24) is 10.4 Å². The SMILES string of the molecule is CCOc1cc(/C=C2\SC(=S)N(NC(=O)c3ccc(Br)cc3)C2=O)cc(Br)c1OCc1ccc(C)cc1. The number of rotatable bonds is 8. The molecule has 1 aliphatic rings. The molecule has 4 rings (SSSR count). The van der Waals surface area contributed by atoms with Crippen LogP contribution in [0.4, 0.5) is 0 Å². The van der Waals surface area contributed by atoms with Gasteiger partial charge in [-0.3, -0.25) is 15.0 Å². The number of thioether (sulfide) groups is 1. The van der Waals surface area contributed by atoms with Gasteiger partial charge in [-0.15, -0.1) is 0 Å². The first-order valence-corrected chi connectivity index (χ1v) is 14.1. The van der Waals surface area contributed by atoms with Crippen molar-refractivity contribution < 1.29 is 19.1 Å². The Labute approximate surface area is 241 Å². The quantitative estimate of drug-likeness (QED) is 0.206. The molecule has 3 aromatic carbocycles. The maximum atomic E-state index is 13.0. The van der Waals surface area contributed by atoms with Crippen LogP contribution in [0.5, 0.6) is 11.5 Å². The Balaban J connectivity index is 1.52. The largest absolute Gasteiger partial charge is 0.490 e. The van der Waals surface area contributed by atoms with Gasteiger partial charge in [0.05, 0.1) is 16.0 Å². The average molecular weight is 662 g/mol. The maximum Gasteiger partial charge on any atom is 0.285 e. The Morgan fingerprint density at radius 3 is 2.46 bits per heavy atom. The van der Waals surface area contributed by atoms with Crippen molar-refractivity contribution in [2.75, 3.05) is 6.61 Å². The van der Waals surface area contributed by atoms with Crippen LogP contribution in [0.3, 0.4) is 0 Å². The summed E-state index contributed by atoms with van der Waals surface area (Å²) in [5.41, 5.74) is 5.94. The van der Waals surface area contributed by atoms with Gasteiger partial charge in [-0.1, -0.05) is 57.5 Å². The van der Waals surface area contributed by atoms with Crippen molar-refractivity contribution >= 4 is 78.1 Å². The highest BCUT2D eigenvalue weighted by molar-refractivity contribution is 9.10. The van der Waals surface area contributed by atoms with Crippen LogP contribution in [0.1, 0.15) is 34.0 Å². The molecule has 10 heteroatoms. The van der Waals surface area contributed by atoms with E-state index in [9.17, 15) is 9.59 Å². The lowest BCUT2D eigenvalue weighted by atomic mass is 10.1. The van der Waals surface area contributed by atoms with Crippen LogP contribution >= 0.6 is 55.8 Å². The number of amides is 2. The summed E-state index contributed by atoms with van der Waals surface area (Å²) < 4.78 is 13.7. The Morgan fingerprint density at radius 1 is 1.08 bits per heavy atom. The molecule has 0 radical (unpaired) electrons. The van der Waals surface area contributed by atoms with E-state index >= 15 is 0 Å². The van der Waals surface area contributed by atoms with Crippen LogP contribution < -0.4 is 14.9 Å². The predicted molar refractivity (Wildman–Crippen MR) is 157 cm³/mol. The van der Waals surface area contributed by atoms with Crippen molar-refractivity contribution in [3.05, 3.63) is 96.8 Å². The first-order valence-electron chi connectivity index (χ1n) is 11.2. The number of carbonyl (C=O) groups excluding carboxylic acids is 2. The summed E-state index contributed by atoms with van der Waals surface area (Å²) >= 11 is 13.4. The number of ether oxygens (including phenoxy) is 2. The van der Waals surface area contributed by atoms with Gasteiger partial charge in [0.1, 0.15) is 6.61 Å². The van der Waals surface area contributed by atoms with Gasteiger partial charge < -0.3 is 9.47 Å². The molecule has 6 nitrogen and oxygen atoms in total. The van der Waals surface area contributed by atoms with Crippen molar-refractivity contribution in [2.24, 2.45) is 0 Å². The lowest BCUT2D eigenvalue weighted by Crippen LogP contribution is -2.44. The highest BCUT2D eigenvalue weighted by atomic mass is 79.9. The fourth-order valence-electron chi connectivity index (χ4n) is 3.40. The molecule has 37 heavy (non-hydrogen) atoms. The predicted octanol–water partition coefficient (Wildman–Crippen LogP) is 7.04. The molecule has 0 saturated carbocycles. The molecule has 0 aliphatic carbocycles. The minimum Gasteiger partial charge on any atom is -0.490 e. The molecule has 0 unspecified atom stereocenters. The van der Waals surface area contributed by atoms with Crippen molar-refractivity contribution in [3.63, 3.8) is 0 Å². The molecule has 1 fully saturated rings. The van der Waals surface area contributed by atoms with Crippen LogP contribution in [0.2, 0.25) is 0 Å². The second-order valence-electron chi connectivity index (χ2n) is 8.00. The number of aryl methyl sites for hydroxylation is 1. The lowest BCUT2D eigenvalue weighted by Gasteiger charge is -2.16. The van der Waals surface area contributed by atoms with E-state index in [1.165, 1.54) is 5.56 Å². The number of nitrogens with one attached hydrogen (secondary N) is 1. The third-order valence-electron chi connectivity index (χ3n) is 5.25. The standard InChI is InChI=1S/C27H22Br2N2O4S2/c1-3-34-22-13-18(12-21(29)24(22)35-15-17-6-4-16(2)5-7-17)14-23-26(33)31(27(36)37-23)30-25(32)19-8-10-20(28)11-9-19/h4-14H,3,15H2,1-2H3,(H,30,32)/b23-14-. The van der Waals surface area contributed by atoms with E-state index in [-0.39, 0.29) is 4.32 Å². The topological polar surface area (TPSA) is 67.9 Å². The molecule has 2 amide bonds. The fraction of sp³-hybridized carbons (Fsp3) is 0.148. The van der Waals surface area contributed by atoms with E-state index < -0.39 is 11.8 Å². The molecule has 1 aliphatic heterocycles. The van der Waals surface area contributed by atoms with Crippen molar-refractivity contribution in [1.29, 1.82) is 0 Å². The monoisotopic (exact) mass is 660 g/mol. The first-order chi connectivity index (χ1) is 17.7. The summed E-state index contributed by atoms with van der Waals surface area (Å²) in [6.45, 7) is 4.76. The van der Waals surface area contributed by atoms with Gasteiger partial charge in [0.2, 0.25) is 0 Å². The molecular weight excluding hydrogens is 640 g/mol. The smallest absolute Gasteiger partial charge is 0.285 e. The lowest BCUT2D eigenvalue weighted by molar-refractivity contribution is -0.123. The van der Waals surface area contributed by atoms with Crippen molar-refractivity contribution in [2.45, 2.75) is 20.5 Å². The van der Waals surface area contributed by atoms with E-state index in [0.29, 0.717) is 39.7 Å². The Hall–Kier alpha value is -2.66. The minimum absolute atomic E-state index is 0.240. The molecule has 1 saturated heterocycles. The summed E-state index contributed by atoms with van der Waals surface area (Å²) in [7, 11) is 0. The van der Waals surface area contributed by atoms with E-state index in [0.717, 1.165) is 32.4 Å². The molecular formula is C27H22Br2N2O4S2. The number of nitrogens with zero attached hydrogens (tertiary/aromatic N) is 1. The van der Waals surface area contributed by atoms with Gasteiger partial charge in [-0.25, -0.2) is 0 Å². The summed E-state index contributed by atoms with van der Waals surface area (Å²) in [4.78, 5) is 26.0. The zero-order chi connectivity index (χ0) is 26.5. The van der Waals surface area contributed by atoms with E-state index in [1.54, 1.807) is 30.3 Å². The highest BCUT2D eigenvalue weighted by Crippen LogP contribution is 2.39. The highest BCUT2D eigenvalue weighted by Gasteiger charge is 2.34. The summed E-state index contributed by atoms with van der Waals surface area (Å²) in [5.74, 6) is 0.291. The number of carbonyl (C=O) groups is 2. The number of hydrogen-bond acceptors (Lipinski definition) is 6. The normalized spacial score (nSPS) is 14.3. The van der Waals surface area contributed by atoms with Crippen LogP contribution in [0.25, 0.3) is 6.08 Å². The molecule has 1 N–H and O–H groups in total. The molecule has 1 heterocycles.